The van der Waals surface area contributed by atoms with Crippen LogP contribution in [0.5, 0.6) is 5.75 Å². The molecule has 132 valence electrons. The van der Waals surface area contributed by atoms with Crippen LogP contribution in [-0.2, 0) is 20.7 Å². The molecular weight excluding hydrogens is 306 g/mol. The molecule has 1 aromatic carbocycles. The lowest BCUT2D eigenvalue weighted by Crippen LogP contribution is -2.45. The zero-order chi connectivity index (χ0) is 17.5. The molecule has 0 bridgehead atoms. The second kappa shape index (κ2) is 8.71. The lowest BCUT2D eigenvalue weighted by Gasteiger charge is -2.34. The van der Waals surface area contributed by atoms with Crippen molar-refractivity contribution in [3.8, 4) is 5.75 Å². The number of hydrogen-bond donors (Lipinski definition) is 1. The Balaban J connectivity index is 1.73. The van der Waals surface area contributed by atoms with Gasteiger partial charge in [0.25, 0.3) is 5.91 Å². The van der Waals surface area contributed by atoms with Crippen LogP contribution in [0.15, 0.2) is 24.3 Å². The maximum absolute atomic E-state index is 12.0. The van der Waals surface area contributed by atoms with E-state index in [1.165, 1.54) is 6.42 Å². The summed E-state index contributed by atoms with van der Waals surface area (Å²) in [4.78, 5) is 23.8. The molecule has 2 rings (SSSR count). The van der Waals surface area contributed by atoms with Gasteiger partial charge in [-0.2, -0.15) is 0 Å². The third kappa shape index (κ3) is 5.25. The van der Waals surface area contributed by atoms with E-state index >= 15 is 0 Å². The number of amides is 1. The SMILES string of the molecule is COc1ccc(CC(=O)OCC(=O)N[C@H]2CCC[C@H](C)[C@@H]2C)cc1. The number of ether oxygens (including phenoxy) is 2. The van der Waals surface area contributed by atoms with Crippen molar-refractivity contribution in [1.29, 1.82) is 0 Å². The Labute approximate surface area is 143 Å². The number of benzene rings is 1. The molecule has 1 amide bonds. The Hall–Kier alpha value is -2.04. The molecule has 24 heavy (non-hydrogen) atoms. The van der Waals surface area contributed by atoms with Crippen LogP contribution in [0.3, 0.4) is 0 Å². The molecule has 0 saturated heterocycles. The molecular formula is C19H27NO4. The molecule has 5 heteroatoms. The second-order valence-corrected chi connectivity index (χ2v) is 6.63. The van der Waals surface area contributed by atoms with Crippen molar-refractivity contribution >= 4 is 11.9 Å². The second-order valence-electron chi connectivity index (χ2n) is 6.63. The summed E-state index contributed by atoms with van der Waals surface area (Å²) >= 11 is 0. The van der Waals surface area contributed by atoms with Gasteiger partial charge in [-0.15, -0.1) is 0 Å². The van der Waals surface area contributed by atoms with Gasteiger partial charge < -0.3 is 14.8 Å². The number of nitrogens with one attached hydrogen (secondary N) is 1. The highest BCUT2D eigenvalue weighted by molar-refractivity contribution is 5.81. The average molecular weight is 333 g/mol. The smallest absolute Gasteiger partial charge is 0.310 e. The molecule has 1 aromatic rings. The third-order valence-electron chi connectivity index (χ3n) is 4.92. The molecule has 0 heterocycles. The van der Waals surface area contributed by atoms with Crippen molar-refractivity contribution in [2.45, 2.75) is 45.6 Å². The first-order chi connectivity index (χ1) is 11.5. The van der Waals surface area contributed by atoms with Crippen molar-refractivity contribution in [3.05, 3.63) is 29.8 Å². The van der Waals surface area contributed by atoms with Crippen molar-refractivity contribution in [1.82, 2.24) is 5.32 Å². The summed E-state index contributed by atoms with van der Waals surface area (Å²) in [6.07, 6.45) is 3.49. The highest BCUT2D eigenvalue weighted by Gasteiger charge is 2.28. The fourth-order valence-electron chi connectivity index (χ4n) is 3.14. The Kier molecular flexibility index (Phi) is 6.64. The number of carbonyl (C=O) groups excluding carboxylic acids is 2. The van der Waals surface area contributed by atoms with Crippen LogP contribution in [0, 0.1) is 11.8 Å². The van der Waals surface area contributed by atoms with Gasteiger partial charge in [0.1, 0.15) is 5.75 Å². The third-order valence-corrected chi connectivity index (χ3v) is 4.92. The first-order valence-electron chi connectivity index (χ1n) is 8.57. The van der Waals surface area contributed by atoms with E-state index in [-0.39, 0.29) is 25.0 Å². The van der Waals surface area contributed by atoms with Gasteiger partial charge >= 0.3 is 5.97 Å². The monoisotopic (exact) mass is 333 g/mol. The predicted octanol–water partition coefficient (Wildman–Crippen LogP) is 2.72. The largest absolute Gasteiger partial charge is 0.497 e. The van der Waals surface area contributed by atoms with Crippen molar-refractivity contribution < 1.29 is 19.1 Å². The summed E-state index contributed by atoms with van der Waals surface area (Å²) in [6, 6.07) is 7.39. The molecule has 0 aliphatic heterocycles. The zero-order valence-electron chi connectivity index (χ0n) is 14.7. The first-order valence-corrected chi connectivity index (χ1v) is 8.57. The molecule has 0 radical (unpaired) electrons. The van der Waals surface area contributed by atoms with Crippen molar-refractivity contribution in [3.63, 3.8) is 0 Å². The zero-order valence-corrected chi connectivity index (χ0v) is 14.7. The molecule has 0 unspecified atom stereocenters. The quantitative estimate of drug-likeness (QED) is 0.813. The molecule has 1 saturated carbocycles. The normalized spacial score (nSPS) is 23.4. The van der Waals surface area contributed by atoms with Crippen LogP contribution in [-0.4, -0.2) is 31.6 Å². The highest BCUT2D eigenvalue weighted by atomic mass is 16.5. The predicted molar refractivity (Wildman–Crippen MR) is 91.8 cm³/mol. The lowest BCUT2D eigenvalue weighted by atomic mass is 9.78. The minimum atomic E-state index is -0.402. The number of esters is 1. The Bertz CT molecular complexity index is 555. The topological polar surface area (TPSA) is 64.6 Å². The summed E-state index contributed by atoms with van der Waals surface area (Å²) in [6.45, 7) is 4.18. The van der Waals surface area contributed by atoms with Gasteiger partial charge in [0.15, 0.2) is 6.61 Å². The first kappa shape index (κ1) is 18.3. The average Bonchev–Trinajstić information content (AvgIpc) is 2.58. The molecule has 1 N–H and O–H groups in total. The van der Waals surface area contributed by atoms with Crippen LogP contribution >= 0.6 is 0 Å². The molecule has 1 aliphatic rings. The molecule has 1 aliphatic carbocycles. The summed E-state index contributed by atoms with van der Waals surface area (Å²) in [5.41, 5.74) is 0.830. The van der Waals surface area contributed by atoms with E-state index in [9.17, 15) is 9.59 Å². The maximum atomic E-state index is 12.0. The van der Waals surface area contributed by atoms with Crippen LogP contribution < -0.4 is 10.1 Å². The summed E-state index contributed by atoms with van der Waals surface area (Å²) in [5, 5.41) is 3.00. The summed E-state index contributed by atoms with van der Waals surface area (Å²) in [7, 11) is 1.59. The van der Waals surface area contributed by atoms with Crippen molar-refractivity contribution in [2.24, 2.45) is 11.8 Å². The van der Waals surface area contributed by atoms with Gasteiger partial charge in [-0.25, -0.2) is 0 Å². The van der Waals surface area contributed by atoms with Gasteiger partial charge in [-0.05, 0) is 36.0 Å². The van der Waals surface area contributed by atoms with E-state index in [0.29, 0.717) is 11.8 Å². The number of rotatable bonds is 6. The van der Waals surface area contributed by atoms with E-state index in [2.05, 4.69) is 19.2 Å². The molecule has 0 aromatic heterocycles. The molecule has 3 atom stereocenters. The molecule has 1 fully saturated rings. The Morgan fingerprint density at radius 2 is 1.88 bits per heavy atom. The van der Waals surface area contributed by atoms with Gasteiger partial charge in [0.2, 0.25) is 0 Å². The fraction of sp³-hybridized carbons (Fsp3) is 0.579. The minimum Gasteiger partial charge on any atom is -0.497 e. The maximum Gasteiger partial charge on any atom is 0.310 e. The Morgan fingerprint density at radius 1 is 1.17 bits per heavy atom. The van der Waals surface area contributed by atoms with E-state index in [4.69, 9.17) is 9.47 Å². The lowest BCUT2D eigenvalue weighted by molar-refractivity contribution is -0.148. The van der Waals surface area contributed by atoms with Crippen LogP contribution in [0.4, 0.5) is 0 Å². The summed E-state index contributed by atoms with van der Waals surface area (Å²) < 4.78 is 10.2. The van der Waals surface area contributed by atoms with Gasteiger partial charge in [0, 0.05) is 6.04 Å². The van der Waals surface area contributed by atoms with E-state index in [1.54, 1.807) is 19.2 Å². The van der Waals surface area contributed by atoms with Crippen LogP contribution in [0.2, 0.25) is 0 Å². The summed E-state index contributed by atoms with van der Waals surface area (Å²) in [5.74, 6) is 1.19. The van der Waals surface area contributed by atoms with Gasteiger partial charge in [-0.1, -0.05) is 38.8 Å². The minimum absolute atomic E-state index is 0.147. The van der Waals surface area contributed by atoms with Crippen LogP contribution in [0.25, 0.3) is 0 Å². The van der Waals surface area contributed by atoms with E-state index in [0.717, 1.165) is 24.2 Å². The van der Waals surface area contributed by atoms with Gasteiger partial charge in [0.05, 0.1) is 13.5 Å². The molecule has 5 nitrogen and oxygen atoms in total. The standard InChI is InChI=1S/C19H27NO4/c1-13-5-4-6-17(14(13)2)20-18(21)12-24-19(22)11-15-7-9-16(23-3)10-8-15/h7-10,13-14,17H,4-6,11-12H2,1-3H3,(H,20,21)/t13-,14-,17-/m0/s1. The highest BCUT2D eigenvalue weighted by Crippen LogP contribution is 2.29. The molecule has 0 spiro atoms. The van der Waals surface area contributed by atoms with Crippen molar-refractivity contribution in [2.75, 3.05) is 13.7 Å². The number of carbonyl (C=O) groups is 2. The number of methoxy groups -OCH3 is 1. The fourth-order valence-corrected chi connectivity index (χ4v) is 3.14. The van der Waals surface area contributed by atoms with E-state index in [1.807, 2.05) is 12.1 Å². The Morgan fingerprint density at radius 3 is 2.54 bits per heavy atom. The van der Waals surface area contributed by atoms with Crippen LogP contribution in [0.1, 0.15) is 38.7 Å². The van der Waals surface area contributed by atoms with E-state index < -0.39 is 5.97 Å². The number of hydrogen-bond acceptors (Lipinski definition) is 4. The van der Waals surface area contributed by atoms with Gasteiger partial charge in [-0.3, -0.25) is 9.59 Å².